The molecule has 2 aromatic rings. The Morgan fingerprint density at radius 2 is 1.78 bits per heavy atom. The van der Waals surface area contributed by atoms with Crippen molar-refractivity contribution in [2.75, 3.05) is 43.9 Å². The summed E-state index contributed by atoms with van der Waals surface area (Å²) >= 11 is 0. The van der Waals surface area contributed by atoms with Crippen molar-refractivity contribution in [1.29, 1.82) is 0 Å². The Morgan fingerprint density at radius 1 is 1.11 bits per heavy atom. The van der Waals surface area contributed by atoms with Gasteiger partial charge < -0.3 is 25.6 Å². The molecule has 0 aromatic heterocycles. The smallest absolute Gasteiger partial charge is 0.233 e. The van der Waals surface area contributed by atoms with Gasteiger partial charge >= 0.3 is 0 Å². The molecule has 0 unspecified atom stereocenters. The number of likely N-dealkylation sites (N-methyl/N-ethyl adjacent to an activating group) is 1. The summed E-state index contributed by atoms with van der Waals surface area (Å²) in [6.07, 6.45) is 4.47. The molecule has 1 heterocycles. The van der Waals surface area contributed by atoms with Crippen molar-refractivity contribution in [3.8, 4) is 5.75 Å². The van der Waals surface area contributed by atoms with Crippen LogP contribution in [0.25, 0.3) is 12.4 Å². The van der Waals surface area contributed by atoms with Gasteiger partial charge in [0.1, 0.15) is 30.4 Å². The zero-order valence-electron chi connectivity index (χ0n) is 20.9. The Morgan fingerprint density at radius 3 is 2.39 bits per heavy atom. The molecule has 2 amide bonds. The normalized spacial score (nSPS) is 14.5. The summed E-state index contributed by atoms with van der Waals surface area (Å²) in [5, 5.41) is 9.52. The van der Waals surface area contributed by atoms with Gasteiger partial charge in [-0.2, -0.15) is 0 Å². The molecule has 1 fully saturated rings. The van der Waals surface area contributed by atoms with Gasteiger partial charge in [0.05, 0.1) is 5.22 Å². The van der Waals surface area contributed by atoms with Crippen LogP contribution >= 0.6 is 0 Å². The molecule has 2 aromatic carbocycles. The summed E-state index contributed by atoms with van der Waals surface area (Å²) in [5.41, 5.74) is 1.20. The fourth-order valence-electron chi connectivity index (χ4n) is 3.92. The standard InChI is InChI=1S/C27H34FN5O3/c1-4-30-27(26-19(2)16-22(17-23(26)28)36-15-12-29-3)32-21-10-8-20(9-11-21)31-24(34)18-25(35)33-13-6-5-7-14-33/h4,8-11,16-17,29,32H,2,5-7,12-15,18H2,1,3H3,(H,31,34)/b27-26-,30-4-. The number of halogens is 1. The van der Waals surface area contributed by atoms with Crippen molar-refractivity contribution in [3.63, 3.8) is 0 Å². The first-order valence-electron chi connectivity index (χ1n) is 12.1. The largest absolute Gasteiger partial charge is 0.492 e. The summed E-state index contributed by atoms with van der Waals surface area (Å²) in [4.78, 5) is 30.7. The summed E-state index contributed by atoms with van der Waals surface area (Å²) < 4.78 is 20.5. The molecule has 0 radical (unpaired) electrons. The minimum absolute atomic E-state index is 0.147. The van der Waals surface area contributed by atoms with Crippen LogP contribution in [-0.4, -0.2) is 56.2 Å². The second kappa shape index (κ2) is 13.4. The molecule has 192 valence electrons. The van der Waals surface area contributed by atoms with E-state index in [9.17, 15) is 14.0 Å². The van der Waals surface area contributed by atoms with Gasteiger partial charge in [-0.25, -0.2) is 9.38 Å². The molecule has 1 aliphatic rings. The van der Waals surface area contributed by atoms with Crippen LogP contribution in [0, 0.1) is 5.82 Å². The number of aliphatic imine (C=N–C) groups is 1. The van der Waals surface area contributed by atoms with E-state index in [1.165, 1.54) is 6.07 Å². The first kappa shape index (κ1) is 26.9. The molecule has 3 rings (SSSR count). The van der Waals surface area contributed by atoms with Gasteiger partial charge in [-0.3, -0.25) is 9.59 Å². The van der Waals surface area contributed by atoms with Crippen LogP contribution in [0.5, 0.6) is 5.75 Å². The maximum atomic E-state index is 15.0. The van der Waals surface area contributed by atoms with Gasteiger partial charge in [-0.1, -0.05) is 6.58 Å². The molecule has 3 N–H and O–H groups in total. The molecular formula is C27H34FN5O3. The highest BCUT2D eigenvalue weighted by Gasteiger charge is 2.19. The Bertz CT molecular complexity index is 1190. The van der Waals surface area contributed by atoms with Gasteiger partial charge in [0, 0.05) is 43.3 Å². The fraction of sp³-hybridized carbons (Fsp3) is 0.370. The number of carbonyl (C=O) groups excluding carboxylic acids is 2. The number of likely N-dealkylation sites (tertiary alicyclic amines) is 1. The van der Waals surface area contributed by atoms with Crippen molar-refractivity contribution in [2.24, 2.45) is 4.99 Å². The maximum Gasteiger partial charge on any atom is 0.233 e. The lowest BCUT2D eigenvalue weighted by Gasteiger charge is -2.26. The lowest BCUT2D eigenvalue weighted by molar-refractivity contribution is -0.135. The Kier molecular flexibility index (Phi) is 10.00. The molecular weight excluding hydrogens is 461 g/mol. The topological polar surface area (TPSA) is 95.1 Å². The second-order valence-corrected chi connectivity index (χ2v) is 8.50. The number of benzene rings is 2. The average molecular weight is 496 g/mol. The summed E-state index contributed by atoms with van der Waals surface area (Å²) in [5.74, 6) is -0.306. The number of nitrogens with one attached hydrogen (secondary N) is 3. The first-order valence-corrected chi connectivity index (χ1v) is 12.1. The number of amides is 2. The molecule has 1 saturated heterocycles. The quantitative estimate of drug-likeness (QED) is 0.267. The average Bonchev–Trinajstić information content (AvgIpc) is 2.85. The van der Waals surface area contributed by atoms with Crippen molar-refractivity contribution in [1.82, 2.24) is 10.2 Å². The Labute approximate surface area is 210 Å². The van der Waals surface area contributed by atoms with E-state index in [4.69, 9.17) is 4.74 Å². The van der Waals surface area contributed by atoms with Gasteiger partial charge in [-0.05, 0) is 68.8 Å². The van der Waals surface area contributed by atoms with Crippen LogP contribution < -0.4 is 31.1 Å². The summed E-state index contributed by atoms with van der Waals surface area (Å²) in [6.45, 7) is 8.19. The van der Waals surface area contributed by atoms with E-state index in [2.05, 4.69) is 27.5 Å². The molecule has 0 spiro atoms. The van der Waals surface area contributed by atoms with E-state index >= 15 is 0 Å². The van der Waals surface area contributed by atoms with Gasteiger partial charge in [0.2, 0.25) is 11.8 Å². The van der Waals surface area contributed by atoms with Gasteiger partial charge in [0.15, 0.2) is 0 Å². The zero-order chi connectivity index (χ0) is 25.9. The molecule has 0 saturated carbocycles. The zero-order valence-corrected chi connectivity index (χ0v) is 20.9. The highest BCUT2D eigenvalue weighted by Crippen LogP contribution is 2.17. The van der Waals surface area contributed by atoms with Crippen LogP contribution in [0.2, 0.25) is 0 Å². The fourth-order valence-corrected chi connectivity index (χ4v) is 3.92. The highest BCUT2D eigenvalue weighted by molar-refractivity contribution is 6.03. The number of hydrogen-bond acceptors (Lipinski definition) is 6. The van der Waals surface area contributed by atoms with Crippen molar-refractivity contribution in [3.05, 3.63) is 52.7 Å². The second-order valence-electron chi connectivity index (χ2n) is 8.50. The molecule has 8 nitrogen and oxygen atoms in total. The molecule has 0 atom stereocenters. The number of nitrogens with zero attached hydrogens (tertiary/aromatic N) is 2. The van der Waals surface area contributed by atoms with Crippen molar-refractivity contribution < 1.29 is 18.7 Å². The lowest BCUT2D eigenvalue weighted by Crippen LogP contribution is -2.37. The SMILES string of the molecule is C=c1cc(OCCNC)cc(F)/c1=C(/N=C\C)Nc1ccc(NC(=O)CC(=O)N2CCCCC2)cc1. The van der Waals surface area contributed by atoms with Crippen molar-refractivity contribution in [2.45, 2.75) is 32.6 Å². The monoisotopic (exact) mass is 495 g/mol. The third kappa shape index (κ3) is 7.64. The molecule has 0 aliphatic carbocycles. The number of rotatable bonds is 10. The molecule has 9 heteroatoms. The first-order chi connectivity index (χ1) is 17.4. The number of anilines is 2. The third-order valence-corrected chi connectivity index (χ3v) is 5.71. The van der Waals surface area contributed by atoms with E-state index in [-0.39, 0.29) is 23.5 Å². The van der Waals surface area contributed by atoms with E-state index < -0.39 is 5.82 Å². The van der Waals surface area contributed by atoms with E-state index in [1.807, 2.05) is 7.05 Å². The number of carbonyl (C=O) groups is 2. The van der Waals surface area contributed by atoms with Crippen LogP contribution in [0.1, 0.15) is 32.6 Å². The third-order valence-electron chi connectivity index (χ3n) is 5.71. The van der Waals surface area contributed by atoms with E-state index in [0.717, 1.165) is 19.3 Å². The van der Waals surface area contributed by atoms with Crippen LogP contribution in [0.3, 0.4) is 0 Å². The number of piperidine rings is 1. The molecule has 36 heavy (non-hydrogen) atoms. The Hall–Kier alpha value is -3.72. The highest BCUT2D eigenvalue weighted by atomic mass is 19.1. The number of ether oxygens (including phenoxy) is 1. The lowest BCUT2D eigenvalue weighted by atomic mass is 10.1. The minimum atomic E-state index is -0.502. The summed E-state index contributed by atoms with van der Waals surface area (Å²) in [7, 11) is 1.81. The van der Waals surface area contributed by atoms with Crippen molar-refractivity contribution >= 4 is 41.8 Å². The molecule has 0 bridgehead atoms. The minimum Gasteiger partial charge on any atom is -0.492 e. The predicted molar refractivity (Wildman–Crippen MR) is 142 cm³/mol. The van der Waals surface area contributed by atoms with Crippen LogP contribution in [0.4, 0.5) is 15.8 Å². The number of hydrogen-bond donors (Lipinski definition) is 3. The Balaban J connectivity index is 1.70. The van der Waals surface area contributed by atoms with E-state index in [1.54, 1.807) is 48.4 Å². The van der Waals surface area contributed by atoms with E-state index in [0.29, 0.717) is 54.4 Å². The van der Waals surface area contributed by atoms with Crippen LogP contribution in [-0.2, 0) is 9.59 Å². The van der Waals surface area contributed by atoms with Crippen LogP contribution in [0.15, 0.2) is 41.4 Å². The van der Waals surface area contributed by atoms with Gasteiger partial charge in [-0.15, -0.1) is 0 Å². The van der Waals surface area contributed by atoms with Gasteiger partial charge in [0.25, 0.3) is 0 Å². The molecule has 1 aliphatic heterocycles. The predicted octanol–water partition coefficient (Wildman–Crippen LogP) is 2.44. The maximum absolute atomic E-state index is 15.0. The summed E-state index contributed by atoms with van der Waals surface area (Å²) in [6, 6.07) is 9.88.